The molecule has 1 aromatic heterocycles. The van der Waals surface area contributed by atoms with Gasteiger partial charge in [0.2, 0.25) is 0 Å². The molecule has 0 saturated heterocycles. The van der Waals surface area contributed by atoms with E-state index in [2.05, 4.69) is 20.7 Å². The maximum Gasteiger partial charge on any atom is 0.289 e. The predicted molar refractivity (Wildman–Crippen MR) is 114 cm³/mol. The van der Waals surface area contributed by atoms with Gasteiger partial charge in [-0.05, 0) is 50.2 Å². The van der Waals surface area contributed by atoms with Crippen LogP contribution >= 0.6 is 0 Å². The number of hydrogen-bond acceptors (Lipinski definition) is 6. The summed E-state index contributed by atoms with van der Waals surface area (Å²) in [5, 5.41) is 11.1. The molecule has 0 aliphatic heterocycles. The first-order chi connectivity index (χ1) is 14.5. The zero-order chi connectivity index (χ0) is 21.5. The number of H-pyrrole nitrogens is 1. The van der Waals surface area contributed by atoms with E-state index in [1.54, 1.807) is 39.3 Å². The van der Waals surface area contributed by atoms with E-state index in [-0.39, 0.29) is 0 Å². The number of hydrogen-bond donors (Lipinski definition) is 2. The van der Waals surface area contributed by atoms with Gasteiger partial charge < -0.3 is 14.2 Å². The molecule has 0 radical (unpaired) electrons. The highest BCUT2D eigenvalue weighted by Gasteiger charge is 2.12. The topological polar surface area (TPSA) is 97.8 Å². The van der Waals surface area contributed by atoms with Gasteiger partial charge in [-0.3, -0.25) is 9.89 Å². The van der Waals surface area contributed by atoms with Crippen LogP contribution in [0.2, 0.25) is 0 Å². The van der Waals surface area contributed by atoms with Crippen molar-refractivity contribution in [3.63, 3.8) is 0 Å². The van der Waals surface area contributed by atoms with Crippen LogP contribution in [0.25, 0.3) is 11.3 Å². The Morgan fingerprint density at radius 2 is 1.90 bits per heavy atom. The summed E-state index contributed by atoms with van der Waals surface area (Å²) in [6.45, 7) is 4.29. The predicted octanol–water partition coefficient (Wildman–Crippen LogP) is 3.65. The number of rotatable bonds is 8. The summed E-state index contributed by atoms with van der Waals surface area (Å²) >= 11 is 0. The highest BCUT2D eigenvalue weighted by atomic mass is 16.5. The van der Waals surface area contributed by atoms with Crippen LogP contribution in [0.5, 0.6) is 17.2 Å². The lowest BCUT2D eigenvalue weighted by molar-refractivity contribution is 0.0950. The second kappa shape index (κ2) is 9.60. The molecular weight excluding hydrogens is 384 g/mol. The highest BCUT2D eigenvalue weighted by molar-refractivity contribution is 6.01. The fraction of sp³-hybridized carbons (Fsp3) is 0.227. The Balaban J connectivity index is 1.72. The summed E-state index contributed by atoms with van der Waals surface area (Å²) in [5.74, 6) is 1.56. The van der Waals surface area contributed by atoms with Gasteiger partial charge in [0, 0.05) is 11.1 Å². The van der Waals surface area contributed by atoms with Crippen LogP contribution in [-0.2, 0) is 0 Å². The number of hydrazone groups is 1. The SMILES string of the molecule is CCOc1cccc(-c2cc(C(=O)N/N=C(/C)c3ccc(OC)c(OC)c3)[nH]n2)c1. The van der Waals surface area contributed by atoms with Crippen molar-refractivity contribution in [3.05, 3.63) is 59.8 Å². The van der Waals surface area contributed by atoms with Gasteiger partial charge in [-0.25, -0.2) is 5.43 Å². The fourth-order valence-corrected chi connectivity index (χ4v) is 2.82. The van der Waals surface area contributed by atoms with E-state index in [9.17, 15) is 4.79 Å². The van der Waals surface area contributed by atoms with Crippen molar-refractivity contribution in [2.24, 2.45) is 5.10 Å². The van der Waals surface area contributed by atoms with Crippen LogP contribution in [0.1, 0.15) is 29.9 Å². The minimum absolute atomic E-state index is 0.302. The number of nitrogens with zero attached hydrogens (tertiary/aromatic N) is 2. The molecule has 0 spiro atoms. The van der Waals surface area contributed by atoms with Crippen LogP contribution in [0, 0.1) is 0 Å². The molecule has 0 unspecified atom stereocenters. The maximum absolute atomic E-state index is 12.5. The van der Waals surface area contributed by atoms with Gasteiger partial charge in [0.15, 0.2) is 11.5 Å². The van der Waals surface area contributed by atoms with E-state index >= 15 is 0 Å². The molecule has 156 valence electrons. The quantitative estimate of drug-likeness (QED) is 0.438. The largest absolute Gasteiger partial charge is 0.494 e. The average molecular weight is 408 g/mol. The van der Waals surface area contributed by atoms with Gasteiger partial charge in [0.05, 0.1) is 32.2 Å². The Morgan fingerprint density at radius 3 is 2.63 bits per heavy atom. The molecule has 1 amide bonds. The smallest absolute Gasteiger partial charge is 0.289 e. The van der Waals surface area contributed by atoms with Crippen molar-refractivity contribution in [2.75, 3.05) is 20.8 Å². The summed E-state index contributed by atoms with van der Waals surface area (Å²) in [4.78, 5) is 12.5. The Kier molecular flexibility index (Phi) is 6.69. The van der Waals surface area contributed by atoms with Crippen LogP contribution in [0.15, 0.2) is 53.6 Å². The van der Waals surface area contributed by atoms with Gasteiger partial charge in [-0.2, -0.15) is 10.2 Å². The molecule has 8 nitrogen and oxygen atoms in total. The number of ether oxygens (including phenoxy) is 3. The summed E-state index contributed by atoms with van der Waals surface area (Å²) in [7, 11) is 3.14. The minimum Gasteiger partial charge on any atom is -0.494 e. The van der Waals surface area contributed by atoms with Crippen molar-refractivity contribution in [1.82, 2.24) is 15.6 Å². The highest BCUT2D eigenvalue weighted by Crippen LogP contribution is 2.27. The zero-order valence-electron chi connectivity index (χ0n) is 17.4. The third kappa shape index (κ3) is 4.78. The summed E-state index contributed by atoms with van der Waals surface area (Å²) in [6, 6.07) is 14.6. The zero-order valence-corrected chi connectivity index (χ0v) is 17.4. The normalized spacial score (nSPS) is 11.1. The molecule has 0 aliphatic rings. The number of aromatic nitrogens is 2. The van der Waals surface area contributed by atoms with E-state index < -0.39 is 5.91 Å². The first kappa shape index (κ1) is 20.9. The molecule has 30 heavy (non-hydrogen) atoms. The summed E-state index contributed by atoms with van der Waals surface area (Å²) < 4.78 is 16.0. The van der Waals surface area contributed by atoms with Gasteiger partial charge in [0.1, 0.15) is 11.4 Å². The van der Waals surface area contributed by atoms with Crippen molar-refractivity contribution in [2.45, 2.75) is 13.8 Å². The molecule has 0 aliphatic carbocycles. The Hall–Kier alpha value is -3.81. The lowest BCUT2D eigenvalue weighted by Crippen LogP contribution is -2.19. The molecule has 0 saturated carbocycles. The average Bonchev–Trinajstić information content (AvgIpc) is 3.27. The van der Waals surface area contributed by atoms with Gasteiger partial charge in [-0.15, -0.1) is 0 Å². The molecule has 0 atom stereocenters. The van der Waals surface area contributed by atoms with Crippen LogP contribution in [0.4, 0.5) is 0 Å². The first-order valence-corrected chi connectivity index (χ1v) is 9.41. The first-order valence-electron chi connectivity index (χ1n) is 9.41. The molecule has 3 aromatic rings. The van der Waals surface area contributed by atoms with Crippen molar-refractivity contribution < 1.29 is 19.0 Å². The van der Waals surface area contributed by atoms with E-state index in [1.165, 1.54) is 0 Å². The molecule has 8 heteroatoms. The number of benzene rings is 2. The minimum atomic E-state index is -0.394. The number of carbonyl (C=O) groups is 1. The number of carbonyl (C=O) groups excluding carboxylic acids is 1. The van der Waals surface area contributed by atoms with E-state index in [1.807, 2.05) is 37.3 Å². The van der Waals surface area contributed by atoms with Crippen LogP contribution in [0.3, 0.4) is 0 Å². The third-order valence-electron chi connectivity index (χ3n) is 4.39. The Labute approximate surface area is 174 Å². The molecule has 2 N–H and O–H groups in total. The van der Waals surface area contributed by atoms with Crippen LogP contribution < -0.4 is 19.6 Å². The molecular formula is C22H24N4O4. The number of amides is 1. The molecule has 0 fully saturated rings. The van der Waals surface area contributed by atoms with Crippen molar-refractivity contribution in [1.29, 1.82) is 0 Å². The van der Waals surface area contributed by atoms with Crippen molar-refractivity contribution in [3.8, 4) is 28.5 Å². The molecule has 3 rings (SSSR count). The van der Waals surface area contributed by atoms with Crippen molar-refractivity contribution >= 4 is 11.6 Å². The standard InChI is InChI=1S/C22H24N4O4/c1-5-30-17-8-6-7-16(11-17)18-13-19(25-24-18)22(27)26-23-14(2)15-9-10-20(28-3)21(12-15)29-4/h6-13H,5H2,1-4H3,(H,24,25)(H,26,27)/b23-14-. The third-order valence-corrected chi connectivity index (χ3v) is 4.39. The summed E-state index contributed by atoms with van der Waals surface area (Å²) in [6.07, 6.45) is 0. The maximum atomic E-state index is 12.5. The monoisotopic (exact) mass is 408 g/mol. The summed E-state index contributed by atoms with van der Waals surface area (Å²) in [5.41, 5.74) is 5.75. The number of methoxy groups -OCH3 is 2. The van der Waals surface area contributed by atoms with Crippen LogP contribution in [-0.4, -0.2) is 42.6 Å². The van der Waals surface area contributed by atoms with E-state index in [0.29, 0.717) is 35.2 Å². The molecule has 0 bridgehead atoms. The second-order valence-corrected chi connectivity index (χ2v) is 6.34. The van der Waals surface area contributed by atoms with Gasteiger partial charge >= 0.3 is 0 Å². The van der Waals surface area contributed by atoms with E-state index in [0.717, 1.165) is 16.9 Å². The van der Waals surface area contributed by atoms with Gasteiger partial charge in [-0.1, -0.05) is 12.1 Å². The van der Waals surface area contributed by atoms with E-state index in [4.69, 9.17) is 14.2 Å². The molecule has 2 aromatic carbocycles. The fourth-order valence-electron chi connectivity index (χ4n) is 2.82. The second-order valence-electron chi connectivity index (χ2n) is 6.34. The Bertz CT molecular complexity index is 1060. The Morgan fingerprint density at radius 1 is 1.10 bits per heavy atom. The number of aromatic amines is 1. The molecule has 1 heterocycles. The number of nitrogens with one attached hydrogen (secondary N) is 2. The van der Waals surface area contributed by atoms with Gasteiger partial charge in [0.25, 0.3) is 5.91 Å². The lowest BCUT2D eigenvalue weighted by atomic mass is 10.1. The lowest BCUT2D eigenvalue weighted by Gasteiger charge is -2.09.